The first kappa shape index (κ1) is 15.3. The Morgan fingerprint density at radius 1 is 1.10 bits per heavy atom. The summed E-state index contributed by atoms with van der Waals surface area (Å²) in [5.41, 5.74) is 6.88. The third-order valence-electron chi connectivity index (χ3n) is 3.14. The van der Waals surface area contributed by atoms with Gasteiger partial charge in [0, 0.05) is 5.69 Å². The summed E-state index contributed by atoms with van der Waals surface area (Å²) in [5, 5.41) is 7.86. The molecule has 0 saturated carbocycles. The molecule has 110 valence electrons. The Kier molecular flexibility index (Phi) is 4.75. The second-order valence-corrected chi connectivity index (χ2v) is 5.35. The van der Waals surface area contributed by atoms with Gasteiger partial charge in [-0.05, 0) is 63.2 Å². The van der Waals surface area contributed by atoms with E-state index < -0.39 is 0 Å². The first-order chi connectivity index (χ1) is 9.97. The molecule has 2 N–H and O–H groups in total. The molecule has 0 spiro atoms. The molecule has 0 unspecified atom stereocenters. The minimum Gasteiger partial charge on any atom is -0.460 e. The summed E-state index contributed by atoms with van der Waals surface area (Å²) in [6.07, 6.45) is 0. The predicted octanol–water partition coefficient (Wildman–Crippen LogP) is 3.92. The van der Waals surface area contributed by atoms with E-state index in [1.54, 1.807) is 0 Å². The molecule has 1 aromatic heterocycles. The molecular formula is C16H19N3OS. The van der Waals surface area contributed by atoms with Crippen LogP contribution in [0, 0.1) is 20.8 Å². The highest BCUT2D eigenvalue weighted by atomic mass is 32.1. The van der Waals surface area contributed by atoms with Crippen molar-refractivity contribution in [1.82, 2.24) is 5.43 Å². The molecule has 1 aromatic carbocycles. The summed E-state index contributed by atoms with van der Waals surface area (Å²) >= 11 is 5.27. The molecular weight excluding hydrogens is 282 g/mol. The van der Waals surface area contributed by atoms with Gasteiger partial charge in [0.05, 0.1) is 0 Å². The van der Waals surface area contributed by atoms with Crippen molar-refractivity contribution >= 4 is 28.7 Å². The molecule has 4 nitrogen and oxygen atoms in total. The zero-order chi connectivity index (χ0) is 15.4. The van der Waals surface area contributed by atoms with Crippen LogP contribution in [0.3, 0.4) is 0 Å². The van der Waals surface area contributed by atoms with Gasteiger partial charge in [-0.15, -0.1) is 0 Å². The van der Waals surface area contributed by atoms with Gasteiger partial charge >= 0.3 is 0 Å². The largest absolute Gasteiger partial charge is 0.460 e. The van der Waals surface area contributed by atoms with Gasteiger partial charge < -0.3 is 9.73 Å². The second kappa shape index (κ2) is 6.54. The van der Waals surface area contributed by atoms with Crippen LogP contribution in [0.5, 0.6) is 0 Å². The Morgan fingerprint density at radius 2 is 1.76 bits per heavy atom. The van der Waals surface area contributed by atoms with Gasteiger partial charge in [-0.2, -0.15) is 5.10 Å². The molecule has 2 rings (SSSR count). The minimum absolute atomic E-state index is 0.454. The molecule has 0 radical (unpaired) electrons. The second-order valence-electron chi connectivity index (χ2n) is 4.94. The number of hydrogen-bond donors (Lipinski definition) is 2. The Bertz CT molecular complexity index is 668. The zero-order valence-electron chi connectivity index (χ0n) is 12.7. The standard InChI is InChI=1S/C16H19N3OS/c1-10-6-5-7-11(2)15(10)17-16(21)19-18-13(4)14-9-8-12(3)20-14/h5-9H,1-4H3,(H2,17,19,21)/b18-13-. The number of rotatable bonds is 3. The number of para-hydroxylation sites is 1. The molecule has 0 bridgehead atoms. The fourth-order valence-electron chi connectivity index (χ4n) is 1.97. The van der Waals surface area contributed by atoms with Crippen molar-refractivity contribution < 1.29 is 4.42 Å². The lowest BCUT2D eigenvalue weighted by Gasteiger charge is -2.12. The maximum absolute atomic E-state index is 5.50. The van der Waals surface area contributed by atoms with Crippen molar-refractivity contribution in [2.75, 3.05) is 5.32 Å². The van der Waals surface area contributed by atoms with Crippen LogP contribution in [0.2, 0.25) is 0 Å². The topological polar surface area (TPSA) is 49.6 Å². The Labute approximate surface area is 130 Å². The van der Waals surface area contributed by atoms with Gasteiger partial charge in [0.1, 0.15) is 17.2 Å². The number of nitrogens with zero attached hydrogens (tertiary/aromatic N) is 1. The summed E-state index contributed by atoms with van der Waals surface area (Å²) in [4.78, 5) is 0. The molecule has 1 heterocycles. The van der Waals surface area contributed by atoms with E-state index in [1.807, 2.05) is 58.0 Å². The molecule has 21 heavy (non-hydrogen) atoms. The monoisotopic (exact) mass is 301 g/mol. The summed E-state index contributed by atoms with van der Waals surface area (Å²) in [7, 11) is 0. The normalized spacial score (nSPS) is 11.3. The number of hydrogen-bond acceptors (Lipinski definition) is 3. The van der Waals surface area contributed by atoms with Crippen molar-refractivity contribution in [1.29, 1.82) is 0 Å². The highest BCUT2D eigenvalue weighted by Gasteiger charge is 2.05. The van der Waals surface area contributed by atoms with Crippen LogP contribution in [0.1, 0.15) is 29.6 Å². The number of anilines is 1. The molecule has 0 saturated heterocycles. The van der Waals surface area contributed by atoms with Crippen molar-refractivity contribution in [2.24, 2.45) is 5.10 Å². The highest BCUT2D eigenvalue weighted by molar-refractivity contribution is 7.80. The van der Waals surface area contributed by atoms with E-state index in [2.05, 4.69) is 15.8 Å². The third-order valence-corrected chi connectivity index (χ3v) is 3.34. The summed E-state index contributed by atoms with van der Waals surface area (Å²) in [5.74, 6) is 1.59. The van der Waals surface area contributed by atoms with E-state index in [-0.39, 0.29) is 0 Å². The average Bonchev–Trinajstić information content (AvgIpc) is 2.87. The first-order valence-corrected chi connectivity index (χ1v) is 7.12. The maximum Gasteiger partial charge on any atom is 0.191 e. The van der Waals surface area contributed by atoms with Crippen LogP contribution in [-0.4, -0.2) is 10.8 Å². The average molecular weight is 301 g/mol. The zero-order valence-corrected chi connectivity index (χ0v) is 13.5. The lowest BCUT2D eigenvalue weighted by molar-refractivity contribution is 0.525. The predicted molar refractivity (Wildman–Crippen MR) is 90.9 cm³/mol. The van der Waals surface area contributed by atoms with Gasteiger partial charge in [0.25, 0.3) is 0 Å². The number of furan rings is 1. The first-order valence-electron chi connectivity index (χ1n) is 6.71. The SMILES string of the molecule is C/C(=N/NC(=S)Nc1c(C)cccc1C)c1ccc(C)o1. The van der Waals surface area contributed by atoms with Crippen molar-refractivity contribution in [3.63, 3.8) is 0 Å². The van der Waals surface area contributed by atoms with E-state index in [0.717, 1.165) is 34.0 Å². The number of aryl methyl sites for hydroxylation is 3. The van der Waals surface area contributed by atoms with Crippen LogP contribution < -0.4 is 10.7 Å². The quantitative estimate of drug-likeness (QED) is 0.512. The van der Waals surface area contributed by atoms with E-state index in [4.69, 9.17) is 16.6 Å². The Hall–Kier alpha value is -2.14. The number of nitrogens with one attached hydrogen (secondary N) is 2. The number of thiocarbonyl (C=S) groups is 1. The molecule has 2 aromatic rings. The van der Waals surface area contributed by atoms with E-state index in [9.17, 15) is 0 Å². The van der Waals surface area contributed by atoms with E-state index >= 15 is 0 Å². The summed E-state index contributed by atoms with van der Waals surface area (Å²) < 4.78 is 5.50. The van der Waals surface area contributed by atoms with Crippen LogP contribution in [-0.2, 0) is 0 Å². The fraction of sp³-hybridized carbons (Fsp3) is 0.250. The van der Waals surface area contributed by atoms with Gasteiger partial charge in [-0.1, -0.05) is 18.2 Å². The number of hydrazone groups is 1. The Balaban J connectivity index is 2.02. The molecule has 0 aliphatic carbocycles. The van der Waals surface area contributed by atoms with Crippen molar-refractivity contribution in [3.05, 3.63) is 53.0 Å². The maximum atomic E-state index is 5.50. The molecule has 0 amide bonds. The van der Waals surface area contributed by atoms with Crippen LogP contribution in [0.25, 0.3) is 0 Å². The smallest absolute Gasteiger partial charge is 0.191 e. The molecule has 0 fully saturated rings. The molecule has 0 atom stereocenters. The van der Waals surface area contributed by atoms with Crippen LogP contribution in [0.15, 0.2) is 39.9 Å². The third kappa shape index (κ3) is 3.92. The molecule has 0 aliphatic heterocycles. The van der Waals surface area contributed by atoms with Gasteiger partial charge in [-0.3, -0.25) is 5.43 Å². The van der Waals surface area contributed by atoms with Crippen LogP contribution in [0.4, 0.5) is 5.69 Å². The fourth-order valence-corrected chi connectivity index (χ4v) is 2.12. The lowest BCUT2D eigenvalue weighted by atomic mass is 10.1. The molecule has 5 heteroatoms. The van der Waals surface area contributed by atoms with Crippen molar-refractivity contribution in [3.8, 4) is 0 Å². The van der Waals surface area contributed by atoms with Gasteiger partial charge in [-0.25, -0.2) is 0 Å². The minimum atomic E-state index is 0.454. The highest BCUT2D eigenvalue weighted by Crippen LogP contribution is 2.19. The Morgan fingerprint density at radius 3 is 2.33 bits per heavy atom. The van der Waals surface area contributed by atoms with Gasteiger partial charge in [0.15, 0.2) is 5.11 Å². The van der Waals surface area contributed by atoms with E-state index in [0.29, 0.717) is 5.11 Å². The van der Waals surface area contributed by atoms with E-state index in [1.165, 1.54) is 0 Å². The lowest BCUT2D eigenvalue weighted by Crippen LogP contribution is -2.25. The molecule has 0 aliphatic rings. The number of benzene rings is 1. The van der Waals surface area contributed by atoms with Crippen LogP contribution >= 0.6 is 12.2 Å². The summed E-state index contributed by atoms with van der Waals surface area (Å²) in [6, 6.07) is 9.89. The van der Waals surface area contributed by atoms with Crippen molar-refractivity contribution in [2.45, 2.75) is 27.7 Å². The summed E-state index contributed by atoms with van der Waals surface area (Å²) in [6.45, 7) is 7.85. The van der Waals surface area contributed by atoms with Gasteiger partial charge in [0.2, 0.25) is 0 Å².